The van der Waals surface area contributed by atoms with Gasteiger partial charge in [0, 0.05) is 26.1 Å². The SMILES string of the molecule is CC(C)(O)CCOCC1CCC2CC(=O)CCCC12C. The zero-order valence-corrected chi connectivity index (χ0v) is 13.3. The summed E-state index contributed by atoms with van der Waals surface area (Å²) in [5.41, 5.74) is -0.349. The van der Waals surface area contributed by atoms with E-state index in [0.29, 0.717) is 36.1 Å². The van der Waals surface area contributed by atoms with Crippen molar-refractivity contribution in [3.63, 3.8) is 0 Å². The largest absolute Gasteiger partial charge is 0.390 e. The fraction of sp³-hybridized carbons (Fsp3) is 0.941. The number of carbonyl (C=O) groups is 1. The first-order valence-corrected chi connectivity index (χ1v) is 8.13. The molecule has 116 valence electrons. The topological polar surface area (TPSA) is 46.5 Å². The third-order valence-electron chi connectivity index (χ3n) is 5.55. The molecule has 3 atom stereocenters. The quantitative estimate of drug-likeness (QED) is 0.787. The summed E-state index contributed by atoms with van der Waals surface area (Å²) in [6.07, 6.45) is 6.83. The highest BCUT2D eigenvalue weighted by molar-refractivity contribution is 5.79. The monoisotopic (exact) mass is 282 g/mol. The van der Waals surface area contributed by atoms with Crippen LogP contribution in [0.1, 0.15) is 65.7 Å². The van der Waals surface area contributed by atoms with Gasteiger partial charge in [0.2, 0.25) is 0 Å². The number of hydrogen-bond acceptors (Lipinski definition) is 3. The standard InChI is InChI=1S/C17H30O3/c1-16(2,19)9-10-20-12-14-7-6-13-11-15(18)5-4-8-17(13,14)3/h13-14,19H,4-12H2,1-3H3. The first-order chi connectivity index (χ1) is 9.31. The number of carbonyl (C=O) groups excluding carboxylic acids is 1. The van der Waals surface area contributed by atoms with Gasteiger partial charge in [-0.05, 0) is 63.2 Å². The van der Waals surface area contributed by atoms with Crippen LogP contribution in [-0.4, -0.2) is 29.7 Å². The number of ketones is 1. The van der Waals surface area contributed by atoms with Gasteiger partial charge in [-0.2, -0.15) is 0 Å². The maximum absolute atomic E-state index is 11.8. The fourth-order valence-electron chi connectivity index (χ4n) is 4.00. The molecule has 0 spiro atoms. The highest BCUT2D eigenvalue weighted by atomic mass is 16.5. The number of rotatable bonds is 5. The normalized spacial score (nSPS) is 34.9. The van der Waals surface area contributed by atoms with E-state index in [-0.39, 0.29) is 0 Å². The van der Waals surface area contributed by atoms with E-state index in [9.17, 15) is 9.90 Å². The summed E-state index contributed by atoms with van der Waals surface area (Å²) in [6.45, 7) is 7.42. The van der Waals surface area contributed by atoms with Crippen molar-refractivity contribution in [3.05, 3.63) is 0 Å². The first kappa shape index (κ1) is 16.0. The lowest BCUT2D eigenvalue weighted by molar-refractivity contribution is -0.120. The Morgan fingerprint density at radius 3 is 2.85 bits per heavy atom. The zero-order chi connectivity index (χ0) is 14.8. The molecule has 0 aromatic heterocycles. The lowest BCUT2D eigenvalue weighted by Gasteiger charge is -2.35. The molecule has 0 saturated heterocycles. The number of ether oxygens (including phenoxy) is 1. The number of fused-ring (bicyclic) bond motifs is 1. The van der Waals surface area contributed by atoms with E-state index in [0.717, 1.165) is 25.9 Å². The molecule has 2 saturated carbocycles. The highest BCUT2D eigenvalue weighted by Crippen LogP contribution is 2.53. The van der Waals surface area contributed by atoms with Crippen LogP contribution in [0.3, 0.4) is 0 Å². The minimum Gasteiger partial charge on any atom is -0.390 e. The molecule has 0 radical (unpaired) electrons. The van der Waals surface area contributed by atoms with E-state index in [1.54, 1.807) is 0 Å². The molecule has 0 aromatic carbocycles. The molecule has 2 aliphatic rings. The van der Waals surface area contributed by atoms with E-state index in [1.165, 1.54) is 19.3 Å². The summed E-state index contributed by atoms with van der Waals surface area (Å²) in [7, 11) is 0. The lowest BCUT2D eigenvalue weighted by atomic mass is 9.71. The molecule has 1 N–H and O–H groups in total. The Morgan fingerprint density at radius 1 is 1.40 bits per heavy atom. The molecule has 2 fully saturated rings. The predicted octanol–water partition coefficient (Wildman–Crippen LogP) is 3.34. The number of Topliss-reactive ketones (excluding diaryl/α,β-unsaturated/α-hetero) is 1. The molecule has 20 heavy (non-hydrogen) atoms. The van der Waals surface area contributed by atoms with Gasteiger partial charge in [0.25, 0.3) is 0 Å². The summed E-state index contributed by atoms with van der Waals surface area (Å²) < 4.78 is 5.83. The van der Waals surface area contributed by atoms with Crippen LogP contribution in [0.15, 0.2) is 0 Å². The van der Waals surface area contributed by atoms with E-state index < -0.39 is 5.60 Å². The van der Waals surface area contributed by atoms with E-state index in [2.05, 4.69) is 6.92 Å². The molecular formula is C17H30O3. The molecule has 0 amide bonds. The smallest absolute Gasteiger partial charge is 0.133 e. The molecule has 3 heteroatoms. The summed E-state index contributed by atoms with van der Waals surface area (Å²) in [4.78, 5) is 11.8. The third kappa shape index (κ3) is 3.82. The van der Waals surface area contributed by atoms with Gasteiger partial charge in [-0.25, -0.2) is 0 Å². The molecule has 2 rings (SSSR count). The molecule has 0 aliphatic heterocycles. The molecule has 0 bridgehead atoms. The Morgan fingerprint density at radius 2 is 2.15 bits per heavy atom. The van der Waals surface area contributed by atoms with Crippen molar-refractivity contribution in [2.24, 2.45) is 17.3 Å². The van der Waals surface area contributed by atoms with Gasteiger partial charge in [0.05, 0.1) is 5.60 Å². The van der Waals surface area contributed by atoms with Crippen molar-refractivity contribution >= 4 is 5.78 Å². The van der Waals surface area contributed by atoms with Crippen LogP contribution >= 0.6 is 0 Å². The second-order valence-corrected chi connectivity index (χ2v) is 7.71. The number of aliphatic hydroxyl groups is 1. The van der Waals surface area contributed by atoms with Crippen molar-refractivity contribution < 1.29 is 14.6 Å². The van der Waals surface area contributed by atoms with Crippen molar-refractivity contribution in [1.82, 2.24) is 0 Å². The molecular weight excluding hydrogens is 252 g/mol. The molecule has 0 heterocycles. The minimum absolute atomic E-state index is 0.293. The Labute approximate surface area is 123 Å². The van der Waals surface area contributed by atoms with Gasteiger partial charge in [0.1, 0.15) is 5.78 Å². The van der Waals surface area contributed by atoms with Gasteiger partial charge >= 0.3 is 0 Å². The Hall–Kier alpha value is -0.410. The summed E-state index contributed by atoms with van der Waals surface area (Å²) in [6, 6.07) is 0. The Kier molecular flexibility index (Phi) is 4.91. The van der Waals surface area contributed by atoms with Crippen LogP contribution in [0.4, 0.5) is 0 Å². The Bertz CT molecular complexity index is 345. The maximum atomic E-state index is 11.8. The maximum Gasteiger partial charge on any atom is 0.133 e. The van der Waals surface area contributed by atoms with Gasteiger partial charge in [-0.15, -0.1) is 0 Å². The van der Waals surface area contributed by atoms with Crippen LogP contribution in [0.5, 0.6) is 0 Å². The van der Waals surface area contributed by atoms with Crippen LogP contribution in [0.2, 0.25) is 0 Å². The fourth-order valence-corrected chi connectivity index (χ4v) is 4.00. The van der Waals surface area contributed by atoms with Gasteiger partial charge in [-0.1, -0.05) is 6.92 Å². The van der Waals surface area contributed by atoms with Gasteiger partial charge in [0.15, 0.2) is 0 Å². The minimum atomic E-state index is -0.642. The summed E-state index contributed by atoms with van der Waals surface area (Å²) >= 11 is 0. The molecule has 3 nitrogen and oxygen atoms in total. The van der Waals surface area contributed by atoms with Gasteiger partial charge < -0.3 is 9.84 Å². The van der Waals surface area contributed by atoms with E-state index in [4.69, 9.17) is 4.74 Å². The zero-order valence-electron chi connectivity index (χ0n) is 13.3. The second kappa shape index (κ2) is 6.15. The van der Waals surface area contributed by atoms with Crippen molar-refractivity contribution in [2.75, 3.05) is 13.2 Å². The van der Waals surface area contributed by atoms with Crippen LogP contribution < -0.4 is 0 Å². The second-order valence-electron chi connectivity index (χ2n) is 7.71. The Balaban J connectivity index is 1.85. The lowest BCUT2D eigenvalue weighted by Crippen LogP contribution is -2.31. The van der Waals surface area contributed by atoms with Crippen LogP contribution in [-0.2, 0) is 9.53 Å². The van der Waals surface area contributed by atoms with Gasteiger partial charge in [-0.3, -0.25) is 4.79 Å². The summed E-state index contributed by atoms with van der Waals surface area (Å²) in [5, 5.41) is 9.70. The van der Waals surface area contributed by atoms with Crippen molar-refractivity contribution in [1.29, 1.82) is 0 Å². The van der Waals surface area contributed by atoms with Crippen LogP contribution in [0.25, 0.3) is 0 Å². The molecule has 2 aliphatic carbocycles. The number of hydrogen-bond donors (Lipinski definition) is 1. The van der Waals surface area contributed by atoms with Crippen molar-refractivity contribution in [3.8, 4) is 0 Å². The average Bonchev–Trinajstić information content (AvgIpc) is 2.53. The summed E-state index contributed by atoms with van der Waals surface area (Å²) in [5.74, 6) is 1.61. The first-order valence-electron chi connectivity index (χ1n) is 8.13. The predicted molar refractivity (Wildman–Crippen MR) is 79.5 cm³/mol. The molecule has 3 unspecified atom stereocenters. The third-order valence-corrected chi connectivity index (χ3v) is 5.55. The average molecular weight is 282 g/mol. The van der Waals surface area contributed by atoms with Crippen molar-refractivity contribution in [2.45, 2.75) is 71.3 Å². The van der Waals surface area contributed by atoms with E-state index >= 15 is 0 Å². The van der Waals surface area contributed by atoms with E-state index in [1.807, 2.05) is 13.8 Å². The van der Waals surface area contributed by atoms with Crippen LogP contribution in [0, 0.1) is 17.3 Å². The highest BCUT2D eigenvalue weighted by Gasteiger charge is 2.47. The molecule has 0 aromatic rings.